The van der Waals surface area contributed by atoms with E-state index < -0.39 is 0 Å². The summed E-state index contributed by atoms with van der Waals surface area (Å²) in [6, 6.07) is 9.49. The molecular formula is C23H29N5O2S. The minimum Gasteiger partial charge on any atom is -0.356 e. The number of aromatic nitrogens is 4. The van der Waals surface area contributed by atoms with Gasteiger partial charge in [0.1, 0.15) is 5.39 Å². The lowest BCUT2D eigenvalue weighted by atomic mass is 10.1. The zero-order valence-corrected chi connectivity index (χ0v) is 18.7. The molecule has 0 fully saturated rings. The van der Waals surface area contributed by atoms with Crippen LogP contribution >= 0.6 is 11.8 Å². The van der Waals surface area contributed by atoms with Crippen molar-refractivity contribution in [2.75, 3.05) is 12.3 Å². The van der Waals surface area contributed by atoms with Crippen molar-refractivity contribution in [1.82, 2.24) is 24.6 Å². The van der Waals surface area contributed by atoms with Crippen LogP contribution in [0, 0.1) is 0 Å². The molecule has 2 aromatic heterocycles. The van der Waals surface area contributed by atoms with E-state index in [0.717, 1.165) is 18.5 Å². The van der Waals surface area contributed by atoms with Crippen molar-refractivity contribution in [2.45, 2.75) is 63.1 Å². The smallest absolute Gasteiger partial charge is 0.265 e. The van der Waals surface area contributed by atoms with Crippen molar-refractivity contribution < 1.29 is 4.79 Å². The van der Waals surface area contributed by atoms with E-state index in [1.165, 1.54) is 37.4 Å². The van der Waals surface area contributed by atoms with Crippen molar-refractivity contribution in [3.05, 3.63) is 46.9 Å². The van der Waals surface area contributed by atoms with Gasteiger partial charge in [0.25, 0.3) is 5.56 Å². The molecule has 1 aliphatic heterocycles. The maximum atomic E-state index is 13.2. The number of carbonyl (C=O) groups is 1. The molecule has 31 heavy (non-hydrogen) atoms. The highest BCUT2D eigenvalue weighted by molar-refractivity contribution is 7.99. The van der Waals surface area contributed by atoms with Crippen LogP contribution in [-0.4, -0.2) is 37.5 Å². The first-order valence-electron chi connectivity index (χ1n) is 11.1. The third-order valence-electron chi connectivity index (χ3n) is 5.64. The number of carbonyl (C=O) groups excluding carboxylic acids is 1. The van der Waals surface area contributed by atoms with E-state index in [2.05, 4.69) is 17.3 Å². The number of rotatable bonds is 10. The molecule has 4 rings (SSSR count). The van der Waals surface area contributed by atoms with Gasteiger partial charge in [-0.2, -0.15) is 5.10 Å². The van der Waals surface area contributed by atoms with Gasteiger partial charge in [0.15, 0.2) is 10.8 Å². The lowest BCUT2D eigenvalue weighted by Gasteiger charge is -2.13. The van der Waals surface area contributed by atoms with E-state index in [1.54, 1.807) is 15.4 Å². The maximum Gasteiger partial charge on any atom is 0.265 e. The van der Waals surface area contributed by atoms with Gasteiger partial charge < -0.3 is 5.32 Å². The SMILES string of the molecule is CCCCCCCCNC(=O)CC1CSc2nc3c(cnn3-c3ccccc3)c(=O)n21. The van der Waals surface area contributed by atoms with Crippen LogP contribution in [0.2, 0.25) is 0 Å². The van der Waals surface area contributed by atoms with Gasteiger partial charge >= 0.3 is 0 Å². The van der Waals surface area contributed by atoms with Gasteiger partial charge in [-0.3, -0.25) is 14.2 Å². The summed E-state index contributed by atoms with van der Waals surface area (Å²) in [4.78, 5) is 30.3. The average molecular weight is 440 g/mol. The van der Waals surface area contributed by atoms with Crippen molar-refractivity contribution in [1.29, 1.82) is 0 Å². The van der Waals surface area contributed by atoms with E-state index in [1.807, 2.05) is 30.3 Å². The second-order valence-electron chi connectivity index (χ2n) is 7.99. The third-order valence-corrected chi connectivity index (χ3v) is 6.74. The fraction of sp³-hybridized carbons (Fsp3) is 0.478. The van der Waals surface area contributed by atoms with Crippen molar-refractivity contribution in [3.63, 3.8) is 0 Å². The summed E-state index contributed by atoms with van der Waals surface area (Å²) in [6.45, 7) is 2.91. The Morgan fingerprint density at radius 1 is 1.16 bits per heavy atom. The summed E-state index contributed by atoms with van der Waals surface area (Å²) in [5, 5.41) is 8.53. The first-order valence-corrected chi connectivity index (χ1v) is 12.1. The van der Waals surface area contributed by atoms with Crippen LogP contribution in [0.25, 0.3) is 16.7 Å². The second-order valence-corrected chi connectivity index (χ2v) is 8.97. The third kappa shape index (κ3) is 4.84. The Bertz CT molecular complexity index is 1090. The molecule has 3 heterocycles. The Labute approximate surface area is 186 Å². The van der Waals surface area contributed by atoms with Crippen molar-refractivity contribution in [3.8, 4) is 5.69 Å². The van der Waals surface area contributed by atoms with Crippen LogP contribution in [0.5, 0.6) is 0 Å². The first-order chi connectivity index (χ1) is 15.2. The number of fused-ring (bicyclic) bond motifs is 2. The summed E-state index contributed by atoms with van der Waals surface area (Å²) in [5.41, 5.74) is 1.30. The van der Waals surface area contributed by atoms with Crippen molar-refractivity contribution >= 4 is 28.7 Å². The molecule has 1 atom stereocenters. The molecule has 8 heteroatoms. The zero-order chi connectivity index (χ0) is 21.6. The van der Waals surface area contributed by atoms with Gasteiger partial charge in [-0.15, -0.1) is 0 Å². The number of para-hydroxylation sites is 1. The maximum absolute atomic E-state index is 13.2. The number of hydrogen-bond donors (Lipinski definition) is 1. The highest BCUT2D eigenvalue weighted by Crippen LogP contribution is 2.33. The predicted molar refractivity (Wildman–Crippen MR) is 124 cm³/mol. The monoisotopic (exact) mass is 439 g/mol. The number of nitrogens with zero attached hydrogens (tertiary/aromatic N) is 4. The molecule has 1 N–H and O–H groups in total. The van der Waals surface area contributed by atoms with E-state index >= 15 is 0 Å². The molecule has 0 saturated carbocycles. The Morgan fingerprint density at radius 3 is 2.74 bits per heavy atom. The topological polar surface area (TPSA) is 81.8 Å². The van der Waals surface area contributed by atoms with E-state index in [-0.39, 0.29) is 17.5 Å². The number of thioether (sulfide) groups is 1. The van der Waals surface area contributed by atoms with Crippen LogP contribution in [0.3, 0.4) is 0 Å². The highest BCUT2D eigenvalue weighted by Gasteiger charge is 2.29. The van der Waals surface area contributed by atoms with Gasteiger partial charge in [0.05, 0.1) is 17.9 Å². The minimum absolute atomic E-state index is 0.000939. The summed E-state index contributed by atoms with van der Waals surface area (Å²) in [7, 11) is 0. The molecule has 1 amide bonds. The summed E-state index contributed by atoms with van der Waals surface area (Å²) in [5.74, 6) is 0.678. The number of hydrogen-bond acceptors (Lipinski definition) is 5. The molecule has 0 saturated heterocycles. The Hall–Kier alpha value is -2.61. The molecule has 164 valence electrons. The highest BCUT2D eigenvalue weighted by atomic mass is 32.2. The summed E-state index contributed by atoms with van der Waals surface area (Å²) in [6.07, 6.45) is 9.05. The second kappa shape index (κ2) is 10.1. The number of benzene rings is 1. The average Bonchev–Trinajstić information content (AvgIpc) is 3.39. The number of unbranched alkanes of at least 4 members (excludes halogenated alkanes) is 5. The first kappa shape index (κ1) is 21.6. The molecule has 1 unspecified atom stereocenters. The van der Waals surface area contributed by atoms with Crippen LogP contribution in [0.4, 0.5) is 0 Å². The number of nitrogens with one attached hydrogen (secondary N) is 1. The zero-order valence-electron chi connectivity index (χ0n) is 17.9. The van der Waals surface area contributed by atoms with Crippen LogP contribution in [0.15, 0.2) is 46.5 Å². The van der Waals surface area contributed by atoms with Crippen molar-refractivity contribution in [2.24, 2.45) is 0 Å². The Kier molecular flexibility index (Phi) is 7.06. The molecule has 7 nitrogen and oxygen atoms in total. The fourth-order valence-corrected chi connectivity index (χ4v) is 5.09. The molecule has 0 radical (unpaired) electrons. The summed E-state index contributed by atoms with van der Waals surface area (Å²) < 4.78 is 3.37. The number of amides is 1. The molecule has 0 spiro atoms. The normalized spacial score (nSPS) is 15.3. The van der Waals surface area contributed by atoms with Crippen LogP contribution < -0.4 is 10.9 Å². The van der Waals surface area contributed by atoms with Gasteiger partial charge in [0.2, 0.25) is 5.91 Å². The quantitative estimate of drug-likeness (QED) is 0.380. The van der Waals surface area contributed by atoms with Gasteiger partial charge in [-0.1, -0.05) is 69.0 Å². The van der Waals surface area contributed by atoms with E-state index in [9.17, 15) is 9.59 Å². The Balaban J connectivity index is 1.42. The predicted octanol–water partition coefficient (Wildman–Crippen LogP) is 4.10. The van der Waals surface area contributed by atoms with E-state index in [4.69, 9.17) is 4.98 Å². The summed E-state index contributed by atoms with van der Waals surface area (Å²) >= 11 is 1.52. The Morgan fingerprint density at radius 2 is 1.94 bits per heavy atom. The fourth-order valence-electron chi connectivity index (χ4n) is 3.96. The standard InChI is InChI=1S/C23H29N5O2S/c1-2-3-4-5-6-10-13-24-20(29)14-18-16-31-23-26-21-19(22(30)27(18)23)15-25-28(21)17-11-8-7-9-12-17/h7-9,11-12,15,18H,2-6,10,13-14,16H2,1H3,(H,24,29). The lowest BCUT2D eigenvalue weighted by molar-refractivity contribution is -0.121. The van der Waals surface area contributed by atoms with Gasteiger partial charge in [-0.05, 0) is 18.6 Å². The van der Waals surface area contributed by atoms with Crippen LogP contribution in [-0.2, 0) is 4.79 Å². The molecule has 3 aromatic rings. The van der Waals surface area contributed by atoms with Gasteiger partial charge in [0, 0.05) is 18.7 Å². The van der Waals surface area contributed by atoms with Gasteiger partial charge in [-0.25, -0.2) is 9.67 Å². The molecule has 1 aromatic carbocycles. The molecule has 1 aliphatic rings. The lowest BCUT2D eigenvalue weighted by Crippen LogP contribution is -2.31. The molecule has 0 aliphatic carbocycles. The largest absolute Gasteiger partial charge is 0.356 e. The van der Waals surface area contributed by atoms with E-state index in [0.29, 0.717) is 34.9 Å². The minimum atomic E-state index is -0.172. The van der Waals surface area contributed by atoms with Crippen LogP contribution in [0.1, 0.15) is 57.9 Å². The molecule has 0 bridgehead atoms. The molecular weight excluding hydrogens is 410 g/mol.